The number of amides is 1. The van der Waals surface area contributed by atoms with Crippen LogP contribution in [0, 0.1) is 6.92 Å². The number of carbonyl (C=O) groups excluding carboxylic acids is 1. The van der Waals surface area contributed by atoms with Gasteiger partial charge in [-0.3, -0.25) is 9.48 Å². The molecule has 3 heterocycles. The average molecular weight is 501 g/mol. The number of anilines is 2. The third-order valence-electron chi connectivity index (χ3n) is 6.09. The Kier molecular flexibility index (Phi) is 5.63. The Balaban J connectivity index is 1.59. The van der Waals surface area contributed by atoms with E-state index in [-0.39, 0.29) is 18.4 Å². The number of nitrogens with zero attached hydrogens (tertiary/aromatic N) is 5. The molecule has 1 amide bonds. The lowest BCUT2D eigenvalue weighted by Gasteiger charge is -2.34. The average Bonchev–Trinajstić information content (AvgIpc) is 3.10. The van der Waals surface area contributed by atoms with Crippen molar-refractivity contribution in [2.45, 2.75) is 25.6 Å². The van der Waals surface area contributed by atoms with E-state index in [0.29, 0.717) is 27.5 Å². The van der Waals surface area contributed by atoms with Crippen molar-refractivity contribution in [3.63, 3.8) is 0 Å². The molecular formula is C24H20ClF3N6O. The maximum atomic E-state index is 13.8. The van der Waals surface area contributed by atoms with Crippen molar-refractivity contribution in [3.05, 3.63) is 76.2 Å². The van der Waals surface area contributed by atoms with Crippen LogP contribution in [-0.4, -0.2) is 38.4 Å². The summed E-state index contributed by atoms with van der Waals surface area (Å²) in [5, 5.41) is 8.09. The van der Waals surface area contributed by atoms with E-state index in [4.69, 9.17) is 11.6 Å². The second-order valence-electron chi connectivity index (χ2n) is 8.39. The molecule has 0 saturated carbocycles. The number of rotatable bonds is 4. The Hall–Kier alpha value is -3.66. The van der Waals surface area contributed by atoms with Gasteiger partial charge < -0.3 is 10.2 Å². The number of nitrogens with one attached hydrogen (secondary N) is 1. The maximum Gasteiger partial charge on any atom is 0.405 e. The van der Waals surface area contributed by atoms with Gasteiger partial charge in [-0.25, -0.2) is 9.97 Å². The Morgan fingerprint density at radius 3 is 2.63 bits per heavy atom. The first-order valence-corrected chi connectivity index (χ1v) is 11.1. The molecule has 4 aromatic rings. The SMILES string of the molecule is Cc1c2cc(N3Cc4cnc(NCC(F)(F)F)nc4C(c4ccc(Cl)cc4)C3=O)ccc2nn1C. The number of hydrogen-bond acceptors (Lipinski definition) is 5. The lowest BCUT2D eigenvalue weighted by molar-refractivity contribution is -0.120. The van der Waals surface area contributed by atoms with E-state index in [1.807, 2.05) is 32.2 Å². The Morgan fingerprint density at radius 2 is 1.91 bits per heavy atom. The smallest absolute Gasteiger partial charge is 0.345 e. The van der Waals surface area contributed by atoms with E-state index in [1.165, 1.54) is 6.20 Å². The minimum Gasteiger partial charge on any atom is -0.345 e. The van der Waals surface area contributed by atoms with Gasteiger partial charge in [0, 0.05) is 40.6 Å². The fourth-order valence-electron chi connectivity index (χ4n) is 4.23. The molecule has 1 unspecified atom stereocenters. The predicted octanol–water partition coefficient (Wildman–Crippen LogP) is 4.98. The summed E-state index contributed by atoms with van der Waals surface area (Å²) in [6.07, 6.45) is -2.96. The molecule has 0 fully saturated rings. The van der Waals surface area contributed by atoms with Crippen molar-refractivity contribution >= 4 is 40.0 Å². The molecule has 2 aromatic carbocycles. The third-order valence-corrected chi connectivity index (χ3v) is 6.34. The van der Waals surface area contributed by atoms with E-state index in [0.717, 1.165) is 16.6 Å². The quantitative estimate of drug-likeness (QED) is 0.428. The van der Waals surface area contributed by atoms with Gasteiger partial charge in [0.15, 0.2) is 0 Å². The van der Waals surface area contributed by atoms with E-state index in [9.17, 15) is 18.0 Å². The first kappa shape index (κ1) is 23.1. The van der Waals surface area contributed by atoms with Gasteiger partial charge in [-0.05, 0) is 42.8 Å². The second kappa shape index (κ2) is 8.53. The Bertz CT molecular complexity index is 1430. The molecule has 35 heavy (non-hydrogen) atoms. The number of hydrogen-bond donors (Lipinski definition) is 1. The number of carbonyl (C=O) groups is 1. The van der Waals surface area contributed by atoms with Crippen molar-refractivity contribution in [1.82, 2.24) is 19.7 Å². The zero-order chi connectivity index (χ0) is 24.9. The molecule has 0 radical (unpaired) electrons. The minimum absolute atomic E-state index is 0.183. The van der Waals surface area contributed by atoms with Gasteiger partial charge in [0.2, 0.25) is 11.9 Å². The Labute approximate surface area is 203 Å². The van der Waals surface area contributed by atoms with Crippen LogP contribution in [-0.2, 0) is 18.4 Å². The van der Waals surface area contributed by atoms with Crippen LogP contribution in [0.2, 0.25) is 5.02 Å². The van der Waals surface area contributed by atoms with Crippen molar-refractivity contribution in [2.24, 2.45) is 7.05 Å². The lowest BCUT2D eigenvalue weighted by atomic mass is 9.88. The molecule has 7 nitrogen and oxygen atoms in total. The van der Waals surface area contributed by atoms with Crippen LogP contribution in [0.15, 0.2) is 48.7 Å². The van der Waals surface area contributed by atoms with Crippen LogP contribution in [0.4, 0.5) is 24.8 Å². The highest BCUT2D eigenvalue weighted by molar-refractivity contribution is 6.30. The largest absolute Gasteiger partial charge is 0.405 e. The molecule has 1 N–H and O–H groups in total. The molecule has 11 heteroatoms. The number of alkyl halides is 3. The summed E-state index contributed by atoms with van der Waals surface area (Å²) >= 11 is 6.05. The zero-order valence-electron chi connectivity index (χ0n) is 18.8. The topological polar surface area (TPSA) is 75.9 Å². The van der Waals surface area contributed by atoms with Gasteiger partial charge in [-0.15, -0.1) is 0 Å². The molecule has 2 aromatic heterocycles. The van der Waals surface area contributed by atoms with Gasteiger partial charge in [0.25, 0.3) is 0 Å². The number of aryl methyl sites for hydroxylation is 2. The second-order valence-corrected chi connectivity index (χ2v) is 8.83. The fraction of sp³-hybridized carbons (Fsp3) is 0.250. The van der Waals surface area contributed by atoms with Gasteiger partial charge in [-0.1, -0.05) is 23.7 Å². The van der Waals surface area contributed by atoms with Crippen LogP contribution in [0.1, 0.15) is 28.4 Å². The van der Waals surface area contributed by atoms with Crippen LogP contribution in [0.3, 0.4) is 0 Å². The normalized spacial score (nSPS) is 16.0. The molecule has 1 aliphatic heterocycles. The maximum absolute atomic E-state index is 13.8. The summed E-state index contributed by atoms with van der Waals surface area (Å²) in [4.78, 5) is 23.9. The highest BCUT2D eigenvalue weighted by atomic mass is 35.5. The number of halogens is 4. The summed E-state index contributed by atoms with van der Waals surface area (Å²) in [7, 11) is 1.86. The molecule has 0 spiro atoms. The predicted molar refractivity (Wildman–Crippen MR) is 127 cm³/mol. The van der Waals surface area contributed by atoms with Crippen LogP contribution < -0.4 is 10.2 Å². The van der Waals surface area contributed by atoms with Gasteiger partial charge in [0.05, 0.1) is 17.8 Å². The molecule has 180 valence electrons. The number of benzene rings is 2. The van der Waals surface area contributed by atoms with Gasteiger partial charge in [-0.2, -0.15) is 18.3 Å². The molecule has 1 atom stereocenters. The summed E-state index contributed by atoms with van der Waals surface area (Å²) in [5.41, 5.74) is 4.10. The fourth-order valence-corrected chi connectivity index (χ4v) is 4.36. The summed E-state index contributed by atoms with van der Waals surface area (Å²) in [6.45, 7) is 0.858. The monoisotopic (exact) mass is 500 g/mol. The van der Waals surface area contributed by atoms with Crippen LogP contribution in [0.25, 0.3) is 10.9 Å². The molecule has 0 bridgehead atoms. The molecule has 1 aliphatic rings. The number of aromatic nitrogens is 4. The van der Waals surface area contributed by atoms with Crippen molar-refractivity contribution < 1.29 is 18.0 Å². The first-order chi connectivity index (χ1) is 16.6. The van der Waals surface area contributed by atoms with E-state index < -0.39 is 18.6 Å². The first-order valence-electron chi connectivity index (χ1n) is 10.8. The summed E-state index contributed by atoms with van der Waals surface area (Å²) in [5.74, 6) is -1.27. The molecule has 0 aliphatic carbocycles. The molecular weight excluding hydrogens is 481 g/mol. The van der Waals surface area contributed by atoms with Crippen LogP contribution >= 0.6 is 11.6 Å². The number of fused-ring (bicyclic) bond motifs is 2. The van der Waals surface area contributed by atoms with E-state index >= 15 is 0 Å². The lowest BCUT2D eigenvalue weighted by Crippen LogP contribution is -2.40. The Morgan fingerprint density at radius 1 is 1.17 bits per heavy atom. The van der Waals surface area contributed by atoms with E-state index in [2.05, 4.69) is 20.4 Å². The summed E-state index contributed by atoms with van der Waals surface area (Å²) in [6, 6.07) is 12.4. The highest BCUT2D eigenvalue weighted by Gasteiger charge is 2.37. The van der Waals surface area contributed by atoms with Crippen molar-refractivity contribution in [1.29, 1.82) is 0 Å². The van der Waals surface area contributed by atoms with Gasteiger partial charge in [0.1, 0.15) is 12.5 Å². The minimum atomic E-state index is -4.43. The third kappa shape index (κ3) is 4.41. The zero-order valence-corrected chi connectivity index (χ0v) is 19.5. The highest BCUT2D eigenvalue weighted by Crippen LogP contribution is 2.37. The molecule has 5 rings (SSSR count). The van der Waals surface area contributed by atoms with Crippen molar-refractivity contribution in [3.8, 4) is 0 Å². The molecule has 0 saturated heterocycles. The van der Waals surface area contributed by atoms with E-state index in [1.54, 1.807) is 33.8 Å². The van der Waals surface area contributed by atoms with Crippen molar-refractivity contribution in [2.75, 3.05) is 16.8 Å². The van der Waals surface area contributed by atoms with Gasteiger partial charge >= 0.3 is 6.18 Å². The summed E-state index contributed by atoms with van der Waals surface area (Å²) < 4.78 is 39.9. The van der Waals surface area contributed by atoms with Crippen LogP contribution in [0.5, 0.6) is 0 Å². The standard InChI is InChI=1S/C24H20ClF3N6O/c1-13-18-9-17(7-8-19(18)32-33(13)2)34-11-15-10-29-23(30-12-24(26,27)28)31-21(15)20(22(34)35)14-3-5-16(25)6-4-14/h3-10,20H,11-12H2,1-2H3,(H,29,30,31).